The van der Waals surface area contributed by atoms with E-state index >= 15 is 0 Å². The van der Waals surface area contributed by atoms with Crippen LogP contribution in [0.5, 0.6) is 5.88 Å². The van der Waals surface area contributed by atoms with Gasteiger partial charge in [-0.05, 0) is 6.07 Å². The molecule has 108 valence electrons. The van der Waals surface area contributed by atoms with Crippen LogP contribution in [0.2, 0.25) is 0 Å². The molecule has 0 bridgehead atoms. The molecule has 1 aromatic heterocycles. The summed E-state index contributed by atoms with van der Waals surface area (Å²) in [5.74, 6) is -2.41. The van der Waals surface area contributed by atoms with Crippen LogP contribution < -0.4 is 15.4 Å². The third kappa shape index (κ3) is 4.80. The quantitative estimate of drug-likeness (QED) is 0.582. The van der Waals surface area contributed by atoms with Crippen molar-refractivity contribution in [3.05, 3.63) is 18.3 Å². The van der Waals surface area contributed by atoms with Crippen LogP contribution in [0.4, 0.5) is 10.5 Å². The van der Waals surface area contributed by atoms with Crippen molar-refractivity contribution in [1.82, 2.24) is 10.3 Å². The number of nitrogens with zero attached hydrogens (tertiary/aromatic N) is 1. The zero-order chi connectivity index (χ0) is 15.1. The van der Waals surface area contributed by atoms with Crippen molar-refractivity contribution < 1.29 is 29.3 Å². The van der Waals surface area contributed by atoms with Crippen LogP contribution in [-0.4, -0.2) is 46.3 Å². The summed E-state index contributed by atoms with van der Waals surface area (Å²) in [6.45, 7) is 0. The maximum atomic E-state index is 11.5. The predicted octanol–water partition coefficient (Wildman–Crippen LogP) is 0.140. The van der Waals surface area contributed by atoms with Gasteiger partial charge in [-0.1, -0.05) is 0 Å². The molecule has 0 saturated carbocycles. The number of ether oxygens (including phenoxy) is 1. The summed E-state index contributed by atoms with van der Waals surface area (Å²) >= 11 is 0. The molecule has 9 nitrogen and oxygen atoms in total. The lowest BCUT2D eigenvalue weighted by Crippen LogP contribution is -2.44. The summed E-state index contributed by atoms with van der Waals surface area (Å²) in [4.78, 5) is 36.6. The molecule has 0 aromatic carbocycles. The van der Waals surface area contributed by atoms with E-state index < -0.39 is 30.4 Å². The monoisotopic (exact) mass is 283 g/mol. The fraction of sp³-hybridized carbons (Fsp3) is 0.273. The van der Waals surface area contributed by atoms with Gasteiger partial charge in [-0.15, -0.1) is 0 Å². The number of anilines is 1. The fourth-order valence-corrected chi connectivity index (χ4v) is 1.28. The molecule has 0 aliphatic carbocycles. The molecule has 0 fully saturated rings. The van der Waals surface area contributed by atoms with Crippen LogP contribution >= 0.6 is 0 Å². The van der Waals surface area contributed by atoms with E-state index in [1.807, 2.05) is 5.32 Å². The van der Waals surface area contributed by atoms with Gasteiger partial charge in [0.15, 0.2) is 0 Å². The average Bonchev–Trinajstić information content (AvgIpc) is 2.38. The number of nitrogens with one attached hydrogen (secondary N) is 2. The first-order valence-corrected chi connectivity index (χ1v) is 5.44. The third-order valence-electron chi connectivity index (χ3n) is 2.19. The molecule has 1 rings (SSSR count). The summed E-state index contributed by atoms with van der Waals surface area (Å²) in [7, 11) is 1.44. The topological polar surface area (TPSA) is 138 Å². The Kier molecular flexibility index (Phi) is 5.27. The lowest BCUT2D eigenvalue weighted by Gasteiger charge is -2.13. The van der Waals surface area contributed by atoms with Crippen LogP contribution in [0.25, 0.3) is 0 Å². The summed E-state index contributed by atoms with van der Waals surface area (Å²) in [6, 6.07) is 0.643. The molecule has 4 N–H and O–H groups in total. The Morgan fingerprint density at radius 1 is 1.35 bits per heavy atom. The minimum atomic E-state index is -1.52. The van der Waals surface area contributed by atoms with Crippen LogP contribution in [0.1, 0.15) is 6.42 Å². The number of carbonyl (C=O) groups is 3. The number of methoxy groups -OCH3 is 1. The molecule has 0 spiro atoms. The number of aromatic nitrogens is 1. The second-order valence-electron chi connectivity index (χ2n) is 3.68. The number of aliphatic carboxylic acids is 2. The van der Waals surface area contributed by atoms with Crippen LogP contribution in [-0.2, 0) is 9.59 Å². The number of hydrogen-bond donors (Lipinski definition) is 4. The second-order valence-corrected chi connectivity index (χ2v) is 3.68. The lowest BCUT2D eigenvalue weighted by molar-refractivity contribution is -0.145. The summed E-state index contributed by atoms with van der Waals surface area (Å²) in [5, 5.41) is 21.7. The van der Waals surface area contributed by atoms with E-state index in [9.17, 15) is 14.4 Å². The highest BCUT2D eigenvalue weighted by molar-refractivity contribution is 5.93. The molecule has 0 aliphatic heterocycles. The number of pyridine rings is 1. The smallest absolute Gasteiger partial charge is 0.326 e. The van der Waals surface area contributed by atoms with Gasteiger partial charge in [0, 0.05) is 6.07 Å². The van der Waals surface area contributed by atoms with Gasteiger partial charge in [-0.3, -0.25) is 4.79 Å². The summed E-state index contributed by atoms with van der Waals surface area (Å²) < 4.78 is 4.83. The molecule has 0 unspecified atom stereocenters. The molecule has 1 heterocycles. The van der Waals surface area contributed by atoms with Gasteiger partial charge in [0.2, 0.25) is 5.88 Å². The Hall–Kier alpha value is -2.84. The molecule has 0 radical (unpaired) electrons. The standard InChI is InChI=1S/C11H13N3O6/c1-20-8-3-2-6(5-12-8)13-11(19)14-7(10(17)18)4-9(15)16/h2-3,5,7H,4H2,1H3,(H,15,16)(H,17,18)(H2,13,14,19)/t7-/m1/s1. The number of hydrogen-bond acceptors (Lipinski definition) is 5. The molecule has 1 aromatic rings. The zero-order valence-corrected chi connectivity index (χ0v) is 10.5. The molecule has 0 saturated heterocycles. The van der Waals surface area contributed by atoms with Crippen molar-refractivity contribution in [3.63, 3.8) is 0 Å². The van der Waals surface area contributed by atoms with Gasteiger partial charge in [-0.2, -0.15) is 0 Å². The van der Waals surface area contributed by atoms with Crippen molar-refractivity contribution in [1.29, 1.82) is 0 Å². The van der Waals surface area contributed by atoms with Crippen molar-refractivity contribution in [2.45, 2.75) is 12.5 Å². The van der Waals surface area contributed by atoms with E-state index in [0.717, 1.165) is 0 Å². The van der Waals surface area contributed by atoms with Crippen molar-refractivity contribution >= 4 is 23.7 Å². The molecule has 20 heavy (non-hydrogen) atoms. The normalized spacial score (nSPS) is 11.2. The minimum absolute atomic E-state index is 0.308. The third-order valence-corrected chi connectivity index (χ3v) is 2.19. The molecule has 2 amide bonds. The Morgan fingerprint density at radius 3 is 2.50 bits per heavy atom. The Bertz CT molecular complexity index is 501. The number of rotatable bonds is 6. The minimum Gasteiger partial charge on any atom is -0.481 e. The van der Waals surface area contributed by atoms with E-state index in [-0.39, 0.29) is 0 Å². The number of carboxylic acid groups (broad SMARTS) is 2. The number of amides is 2. The average molecular weight is 283 g/mol. The van der Waals surface area contributed by atoms with Crippen LogP contribution in [0.15, 0.2) is 18.3 Å². The number of carboxylic acids is 2. The van der Waals surface area contributed by atoms with Gasteiger partial charge < -0.3 is 25.6 Å². The van der Waals surface area contributed by atoms with E-state index in [0.29, 0.717) is 11.6 Å². The zero-order valence-electron chi connectivity index (χ0n) is 10.5. The largest absolute Gasteiger partial charge is 0.481 e. The van der Waals surface area contributed by atoms with Crippen molar-refractivity contribution in [2.24, 2.45) is 0 Å². The summed E-state index contributed by atoms with van der Waals surface area (Å²) in [6.07, 6.45) is 0.592. The molecular weight excluding hydrogens is 270 g/mol. The molecule has 1 atom stereocenters. The van der Waals surface area contributed by atoms with Gasteiger partial charge in [0.25, 0.3) is 0 Å². The van der Waals surface area contributed by atoms with Crippen LogP contribution in [0, 0.1) is 0 Å². The van der Waals surface area contributed by atoms with Crippen molar-refractivity contribution in [2.75, 3.05) is 12.4 Å². The van der Waals surface area contributed by atoms with Gasteiger partial charge in [0.1, 0.15) is 6.04 Å². The Labute approximate surface area is 113 Å². The molecule has 0 aliphatic rings. The highest BCUT2D eigenvalue weighted by atomic mass is 16.5. The SMILES string of the molecule is COc1ccc(NC(=O)N[C@H](CC(=O)O)C(=O)O)cn1. The first kappa shape index (κ1) is 15.2. The molecule has 9 heteroatoms. The van der Waals surface area contributed by atoms with Crippen molar-refractivity contribution in [3.8, 4) is 5.88 Å². The summed E-state index contributed by atoms with van der Waals surface area (Å²) in [5.41, 5.74) is 0.308. The number of carbonyl (C=O) groups excluding carboxylic acids is 1. The maximum absolute atomic E-state index is 11.5. The number of urea groups is 1. The lowest BCUT2D eigenvalue weighted by atomic mass is 10.2. The first-order chi connectivity index (χ1) is 9.42. The van der Waals surface area contributed by atoms with Gasteiger partial charge in [-0.25, -0.2) is 14.6 Å². The molecular formula is C11H13N3O6. The van der Waals surface area contributed by atoms with Gasteiger partial charge in [0.05, 0.1) is 25.4 Å². The Balaban J connectivity index is 2.60. The van der Waals surface area contributed by atoms with E-state index in [2.05, 4.69) is 10.3 Å². The second kappa shape index (κ2) is 6.92. The van der Waals surface area contributed by atoms with E-state index in [1.54, 1.807) is 0 Å². The van der Waals surface area contributed by atoms with E-state index in [1.165, 1.54) is 25.4 Å². The van der Waals surface area contributed by atoms with Gasteiger partial charge >= 0.3 is 18.0 Å². The predicted molar refractivity (Wildman–Crippen MR) is 66.6 cm³/mol. The van der Waals surface area contributed by atoms with E-state index in [4.69, 9.17) is 14.9 Å². The van der Waals surface area contributed by atoms with Crippen LogP contribution in [0.3, 0.4) is 0 Å². The highest BCUT2D eigenvalue weighted by Gasteiger charge is 2.22. The fourth-order valence-electron chi connectivity index (χ4n) is 1.28. The first-order valence-electron chi connectivity index (χ1n) is 5.44. The maximum Gasteiger partial charge on any atom is 0.326 e. The Morgan fingerprint density at radius 2 is 2.05 bits per heavy atom. The highest BCUT2D eigenvalue weighted by Crippen LogP contribution is 2.10.